The topological polar surface area (TPSA) is 63.4 Å². The molecule has 98 valence electrons. The van der Waals surface area contributed by atoms with Gasteiger partial charge in [0, 0.05) is 18.1 Å². The highest BCUT2D eigenvalue weighted by Gasteiger charge is 2.27. The summed E-state index contributed by atoms with van der Waals surface area (Å²) in [5, 5.41) is 0.432. The lowest BCUT2D eigenvalue weighted by atomic mass is 10.2. The number of benzene rings is 1. The Bertz CT molecular complexity index is 596. The highest BCUT2D eigenvalue weighted by molar-refractivity contribution is 7.89. The normalized spacial score (nSPS) is 17.6. The zero-order chi connectivity index (χ0) is 13.3. The minimum Gasteiger partial charge on any atom is -0.398 e. The van der Waals surface area contributed by atoms with Gasteiger partial charge in [-0.25, -0.2) is 8.42 Å². The molecule has 0 aliphatic carbocycles. The van der Waals surface area contributed by atoms with Gasteiger partial charge in [-0.15, -0.1) is 0 Å². The quantitative estimate of drug-likeness (QED) is 0.670. The molecule has 0 amide bonds. The first-order valence-corrected chi connectivity index (χ1v) is 7.44. The van der Waals surface area contributed by atoms with E-state index in [9.17, 15) is 8.42 Å². The number of nitrogens with zero attached hydrogens (tertiary/aromatic N) is 1. The fourth-order valence-corrected chi connectivity index (χ4v) is 3.75. The third-order valence-electron chi connectivity index (χ3n) is 2.89. The largest absolute Gasteiger partial charge is 0.398 e. The maximum Gasteiger partial charge on any atom is 0.245 e. The van der Waals surface area contributed by atoms with Crippen molar-refractivity contribution in [2.45, 2.75) is 18.2 Å². The fourth-order valence-electron chi connectivity index (χ4n) is 1.98. The number of hydrogen-bond acceptors (Lipinski definition) is 3. The molecule has 0 spiro atoms. The fraction of sp³-hybridized carbons (Fsp3) is 0.333. The van der Waals surface area contributed by atoms with Crippen LogP contribution in [0.2, 0.25) is 5.02 Å². The van der Waals surface area contributed by atoms with E-state index >= 15 is 0 Å². The van der Waals surface area contributed by atoms with E-state index in [1.807, 2.05) is 6.92 Å². The molecule has 4 nitrogen and oxygen atoms in total. The summed E-state index contributed by atoms with van der Waals surface area (Å²) in [6, 6.07) is 4.46. The summed E-state index contributed by atoms with van der Waals surface area (Å²) in [6.07, 6.45) is 2.79. The molecular formula is C12H15ClN2O2S. The molecule has 0 saturated carbocycles. The van der Waals surface area contributed by atoms with Crippen molar-refractivity contribution < 1.29 is 8.42 Å². The molecule has 2 rings (SSSR count). The molecule has 0 bridgehead atoms. The summed E-state index contributed by atoms with van der Waals surface area (Å²) in [7, 11) is -3.53. The molecule has 6 heteroatoms. The number of hydrogen-bond donors (Lipinski definition) is 1. The molecular weight excluding hydrogens is 272 g/mol. The molecule has 0 unspecified atom stereocenters. The molecule has 0 fully saturated rings. The molecule has 0 atom stereocenters. The minimum atomic E-state index is -3.53. The number of halogens is 1. The minimum absolute atomic E-state index is 0.126. The zero-order valence-corrected chi connectivity index (χ0v) is 11.6. The smallest absolute Gasteiger partial charge is 0.245 e. The summed E-state index contributed by atoms with van der Waals surface area (Å²) >= 11 is 5.78. The van der Waals surface area contributed by atoms with Crippen LogP contribution in [-0.2, 0) is 10.0 Å². The van der Waals surface area contributed by atoms with Crippen LogP contribution in [0, 0.1) is 0 Å². The molecule has 18 heavy (non-hydrogen) atoms. The Morgan fingerprint density at radius 2 is 2.11 bits per heavy atom. The molecule has 0 saturated heterocycles. The Morgan fingerprint density at radius 1 is 1.39 bits per heavy atom. The highest BCUT2D eigenvalue weighted by atomic mass is 35.5. The van der Waals surface area contributed by atoms with Crippen LogP contribution >= 0.6 is 11.6 Å². The standard InChI is InChI=1S/C12H15ClN2O2S/c1-9-3-2-6-15(8-9)18(16,17)12-5-4-10(13)7-11(12)14/h3-5,7H,2,6,8,14H2,1H3. The van der Waals surface area contributed by atoms with Crippen LogP contribution in [0.3, 0.4) is 0 Å². The van der Waals surface area contributed by atoms with Crippen LogP contribution in [0.5, 0.6) is 0 Å². The average Bonchev–Trinajstić information content (AvgIpc) is 2.28. The van der Waals surface area contributed by atoms with Crippen molar-refractivity contribution in [1.82, 2.24) is 4.31 Å². The van der Waals surface area contributed by atoms with Crippen molar-refractivity contribution >= 4 is 27.3 Å². The first-order valence-electron chi connectivity index (χ1n) is 5.62. The third kappa shape index (κ3) is 2.53. The van der Waals surface area contributed by atoms with Gasteiger partial charge in [-0.05, 0) is 31.5 Å². The van der Waals surface area contributed by atoms with E-state index in [-0.39, 0.29) is 10.6 Å². The van der Waals surface area contributed by atoms with Gasteiger partial charge in [-0.1, -0.05) is 23.3 Å². The number of anilines is 1. The molecule has 0 aromatic heterocycles. The molecule has 1 aromatic rings. The van der Waals surface area contributed by atoms with Gasteiger partial charge in [0.1, 0.15) is 4.90 Å². The summed E-state index contributed by atoms with van der Waals surface area (Å²) in [5.41, 5.74) is 6.99. The van der Waals surface area contributed by atoms with Gasteiger partial charge in [0.05, 0.1) is 5.69 Å². The lowest BCUT2D eigenvalue weighted by molar-refractivity contribution is 0.428. The predicted molar refractivity (Wildman–Crippen MR) is 73.0 cm³/mol. The number of nitrogens with two attached hydrogens (primary N) is 1. The maximum absolute atomic E-state index is 12.4. The monoisotopic (exact) mass is 286 g/mol. The van der Waals surface area contributed by atoms with Crippen LogP contribution in [-0.4, -0.2) is 25.8 Å². The highest BCUT2D eigenvalue weighted by Crippen LogP contribution is 2.27. The van der Waals surface area contributed by atoms with E-state index in [1.165, 1.54) is 22.5 Å². The molecule has 1 heterocycles. The van der Waals surface area contributed by atoms with E-state index in [2.05, 4.69) is 6.08 Å². The summed E-state index contributed by atoms with van der Waals surface area (Å²) < 4.78 is 26.3. The van der Waals surface area contributed by atoms with Crippen LogP contribution in [0.1, 0.15) is 13.3 Å². The van der Waals surface area contributed by atoms with Crippen LogP contribution in [0.15, 0.2) is 34.7 Å². The second-order valence-corrected chi connectivity index (χ2v) is 6.70. The van der Waals surface area contributed by atoms with Crippen LogP contribution in [0.4, 0.5) is 5.69 Å². The van der Waals surface area contributed by atoms with Gasteiger partial charge in [0.25, 0.3) is 0 Å². The lowest BCUT2D eigenvalue weighted by Crippen LogP contribution is -2.35. The van der Waals surface area contributed by atoms with Crippen LogP contribution < -0.4 is 5.73 Å². The van der Waals surface area contributed by atoms with E-state index < -0.39 is 10.0 Å². The molecule has 1 aliphatic rings. The number of nitrogen functional groups attached to an aromatic ring is 1. The van der Waals surface area contributed by atoms with Gasteiger partial charge in [0.15, 0.2) is 0 Å². The second-order valence-electron chi connectivity index (χ2n) is 4.36. The number of rotatable bonds is 2. The van der Waals surface area contributed by atoms with Gasteiger partial charge in [-0.2, -0.15) is 4.31 Å². The Hall–Kier alpha value is -1.04. The van der Waals surface area contributed by atoms with Gasteiger partial charge in [-0.3, -0.25) is 0 Å². The Morgan fingerprint density at radius 3 is 2.72 bits per heavy atom. The zero-order valence-electron chi connectivity index (χ0n) is 10.1. The molecule has 2 N–H and O–H groups in total. The van der Waals surface area contributed by atoms with Crippen molar-refractivity contribution in [1.29, 1.82) is 0 Å². The number of sulfonamides is 1. The van der Waals surface area contributed by atoms with E-state index in [0.717, 1.165) is 12.0 Å². The SMILES string of the molecule is CC1=CCCN(S(=O)(=O)c2ccc(Cl)cc2N)C1. The van der Waals surface area contributed by atoms with Gasteiger partial charge >= 0.3 is 0 Å². The van der Waals surface area contributed by atoms with Crippen molar-refractivity contribution in [3.63, 3.8) is 0 Å². The first-order chi connectivity index (χ1) is 8.41. The van der Waals surface area contributed by atoms with E-state index in [1.54, 1.807) is 0 Å². The van der Waals surface area contributed by atoms with E-state index in [0.29, 0.717) is 18.1 Å². The summed E-state index contributed by atoms with van der Waals surface area (Å²) in [5.74, 6) is 0. The van der Waals surface area contributed by atoms with Crippen molar-refractivity contribution in [2.75, 3.05) is 18.8 Å². The van der Waals surface area contributed by atoms with Crippen molar-refractivity contribution in [2.24, 2.45) is 0 Å². The Kier molecular flexibility index (Phi) is 3.66. The summed E-state index contributed by atoms with van der Waals surface area (Å²) in [4.78, 5) is 0.126. The summed E-state index contributed by atoms with van der Waals surface area (Å²) in [6.45, 7) is 2.83. The van der Waals surface area contributed by atoms with Crippen LogP contribution in [0.25, 0.3) is 0 Å². The molecule has 1 aliphatic heterocycles. The van der Waals surface area contributed by atoms with Gasteiger partial charge in [0.2, 0.25) is 10.0 Å². The average molecular weight is 287 g/mol. The third-order valence-corrected chi connectivity index (χ3v) is 5.04. The van der Waals surface area contributed by atoms with Crippen molar-refractivity contribution in [3.05, 3.63) is 34.9 Å². The van der Waals surface area contributed by atoms with Crippen molar-refractivity contribution in [3.8, 4) is 0 Å². The maximum atomic E-state index is 12.4. The van der Waals surface area contributed by atoms with Gasteiger partial charge < -0.3 is 5.73 Å². The predicted octanol–water partition coefficient (Wildman–Crippen LogP) is 2.26. The molecule has 0 radical (unpaired) electrons. The lowest BCUT2D eigenvalue weighted by Gasteiger charge is -2.26. The van der Waals surface area contributed by atoms with E-state index in [4.69, 9.17) is 17.3 Å². The molecule has 1 aromatic carbocycles. The second kappa shape index (κ2) is 4.91. The Balaban J connectivity index is 2.39. The first kappa shape index (κ1) is 13.4. The Labute approximate surface area is 112 Å².